The predicted molar refractivity (Wildman–Crippen MR) is 139 cm³/mol. The number of hydrogen-bond acceptors (Lipinski definition) is 5. The van der Waals surface area contributed by atoms with Crippen LogP contribution in [0.25, 0.3) is 10.9 Å². The van der Waals surface area contributed by atoms with Crippen LogP contribution in [-0.2, 0) is 22.6 Å². The molecule has 0 aliphatic carbocycles. The molecule has 184 valence electrons. The van der Waals surface area contributed by atoms with Crippen molar-refractivity contribution in [1.82, 2.24) is 9.88 Å². The third kappa shape index (κ3) is 5.32. The van der Waals surface area contributed by atoms with Crippen molar-refractivity contribution in [3.8, 4) is 0 Å². The average molecular weight is 524 g/mol. The second kappa shape index (κ2) is 10.8. The molecule has 8 nitrogen and oxygen atoms in total. The van der Waals surface area contributed by atoms with E-state index in [4.69, 9.17) is 11.6 Å². The normalized spacial score (nSPS) is 10.8. The molecule has 0 spiro atoms. The van der Waals surface area contributed by atoms with Gasteiger partial charge >= 0.3 is 5.97 Å². The number of nitrogens with zero attached hydrogens (tertiary/aromatic N) is 1. The zero-order chi connectivity index (χ0) is 25.8. The fourth-order valence-electron chi connectivity index (χ4n) is 3.79. The third-order valence-corrected chi connectivity index (χ3v) is 7.02. The molecule has 0 aliphatic rings. The number of para-hydroxylation sites is 1. The summed E-state index contributed by atoms with van der Waals surface area (Å²) in [5, 5.41) is 15.9. The number of carbonyl (C=O) groups excluding carboxylic acids is 3. The number of halogens is 1. The summed E-state index contributed by atoms with van der Waals surface area (Å²) in [6.07, 6.45) is 0.675. The van der Waals surface area contributed by atoms with Crippen molar-refractivity contribution >= 4 is 62.4 Å². The smallest absolute Gasteiger partial charge is 0.323 e. The number of aliphatic carboxylic acids is 1. The lowest BCUT2D eigenvalue weighted by atomic mass is 10.0. The number of carbonyl (C=O) groups is 4. The highest BCUT2D eigenvalue weighted by Gasteiger charge is 2.22. The quantitative estimate of drug-likeness (QED) is 0.277. The molecule has 0 unspecified atom stereocenters. The Labute approximate surface area is 215 Å². The van der Waals surface area contributed by atoms with Crippen molar-refractivity contribution in [2.75, 3.05) is 11.9 Å². The van der Waals surface area contributed by atoms with E-state index in [0.29, 0.717) is 38.5 Å². The van der Waals surface area contributed by atoms with Gasteiger partial charge in [-0.3, -0.25) is 19.2 Å². The Morgan fingerprint density at radius 1 is 1.00 bits per heavy atom. The summed E-state index contributed by atoms with van der Waals surface area (Å²) in [6, 6.07) is 17.0. The molecule has 0 saturated carbocycles. The molecule has 10 heteroatoms. The van der Waals surface area contributed by atoms with Crippen LogP contribution in [0.3, 0.4) is 0 Å². The van der Waals surface area contributed by atoms with E-state index in [2.05, 4.69) is 10.6 Å². The first-order valence-corrected chi connectivity index (χ1v) is 12.3. The Bertz CT molecular complexity index is 1490. The van der Waals surface area contributed by atoms with E-state index in [9.17, 15) is 24.3 Å². The first-order chi connectivity index (χ1) is 17.3. The van der Waals surface area contributed by atoms with Crippen LogP contribution in [0.4, 0.5) is 5.00 Å². The molecule has 3 N–H and O–H groups in total. The van der Waals surface area contributed by atoms with Gasteiger partial charge in [0.1, 0.15) is 17.2 Å². The van der Waals surface area contributed by atoms with Crippen molar-refractivity contribution in [2.24, 2.45) is 0 Å². The Kier molecular flexibility index (Phi) is 7.52. The molecule has 0 radical (unpaired) electrons. The van der Waals surface area contributed by atoms with Gasteiger partial charge in [-0.2, -0.15) is 0 Å². The lowest BCUT2D eigenvalue weighted by molar-refractivity contribution is -0.137. The Morgan fingerprint density at radius 3 is 2.44 bits per heavy atom. The number of aromatic nitrogens is 1. The van der Waals surface area contributed by atoms with E-state index in [1.807, 2.05) is 6.92 Å². The van der Waals surface area contributed by atoms with E-state index in [-0.39, 0.29) is 18.0 Å². The number of amides is 2. The Balaban J connectivity index is 1.50. The molecule has 36 heavy (non-hydrogen) atoms. The summed E-state index contributed by atoms with van der Waals surface area (Å²) < 4.78 is 1.39. The fraction of sp³-hybridized carbons (Fsp3) is 0.154. The largest absolute Gasteiger partial charge is 0.480 e. The van der Waals surface area contributed by atoms with Gasteiger partial charge in [-0.15, -0.1) is 11.3 Å². The van der Waals surface area contributed by atoms with Crippen LogP contribution in [0.5, 0.6) is 0 Å². The number of nitrogens with one attached hydrogen (secondary N) is 2. The minimum absolute atomic E-state index is 0.130. The Hall–Kier alpha value is -3.95. The van der Waals surface area contributed by atoms with Crippen molar-refractivity contribution in [2.45, 2.75) is 19.9 Å². The molecule has 2 amide bonds. The lowest BCUT2D eigenvalue weighted by Crippen LogP contribution is -2.34. The molecule has 0 atom stereocenters. The number of hydrogen-bond donors (Lipinski definition) is 3. The van der Waals surface area contributed by atoms with Gasteiger partial charge in [-0.1, -0.05) is 48.9 Å². The summed E-state index contributed by atoms with van der Waals surface area (Å²) in [7, 11) is 0. The molecule has 0 fully saturated rings. The average Bonchev–Trinajstić information content (AvgIpc) is 3.43. The third-order valence-electron chi connectivity index (χ3n) is 5.49. The van der Waals surface area contributed by atoms with Crippen LogP contribution in [-0.4, -0.2) is 39.8 Å². The highest BCUT2D eigenvalue weighted by atomic mass is 35.5. The van der Waals surface area contributed by atoms with Crippen LogP contribution >= 0.6 is 22.9 Å². The molecule has 4 rings (SSSR count). The predicted octanol–water partition coefficient (Wildman–Crippen LogP) is 4.60. The van der Waals surface area contributed by atoms with E-state index >= 15 is 0 Å². The van der Waals surface area contributed by atoms with E-state index < -0.39 is 24.3 Å². The number of carboxylic acid groups (broad SMARTS) is 1. The highest BCUT2D eigenvalue weighted by Crippen LogP contribution is 2.32. The standard InChI is InChI=1S/C26H22ClN3O5S/c1-2-16-12-18(24(34)17-8-4-5-9-19(17)27)26(36-16)29-22(31)13-28-25(35)21-11-15-7-3-6-10-20(15)30(21)14-23(32)33/h3-12H,2,13-14H2,1H3,(H,28,35)(H,29,31)(H,32,33). The zero-order valence-electron chi connectivity index (χ0n) is 19.2. The van der Waals surface area contributed by atoms with Gasteiger partial charge in [-0.05, 0) is 36.8 Å². The van der Waals surface area contributed by atoms with Gasteiger partial charge in [0.15, 0.2) is 5.78 Å². The number of ketones is 1. The summed E-state index contributed by atoms with van der Waals surface area (Å²) in [5.74, 6) is -2.52. The lowest BCUT2D eigenvalue weighted by Gasteiger charge is -2.10. The van der Waals surface area contributed by atoms with Gasteiger partial charge in [0.05, 0.1) is 17.1 Å². The molecule has 2 aromatic carbocycles. The molecular formula is C26H22ClN3O5S. The van der Waals surface area contributed by atoms with Gasteiger partial charge in [-0.25, -0.2) is 0 Å². The maximum absolute atomic E-state index is 13.1. The number of aryl methyl sites for hydroxylation is 1. The second-order valence-corrected chi connectivity index (χ2v) is 9.46. The maximum atomic E-state index is 13.1. The fourth-order valence-corrected chi connectivity index (χ4v) is 5.03. The van der Waals surface area contributed by atoms with Crippen molar-refractivity contribution in [3.63, 3.8) is 0 Å². The van der Waals surface area contributed by atoms with E-state index in [1.54, 1.807) is 60.7 Å². The first kappa shape index (κ1) is 25.2. The highest BCUT2D eigenvalue weighted by molar-refractivity contribution is 7.16. The van der Waals surface area contributed by atoms with Crippen LogP contribution in [0.15, 0.2) is 60.7 Å². The summed E-state index contributed by atoms with van der Waals surface area (Å²) >= 11 is 7.47. The minimum atomic E-state index is -1.09. The topological polar surface area (TPSA) is 118 Å². The molecule has 4 aromatic rings. The summed E-state index contributed by atoms with van der Waals surface area (Å²) in [5.41, 5.74) is 1.38. The number of benzene rings is 2. The van der Waals surface area contributed by atoms with Crippen LogP contribution in [0.2, 0.25) is 5.02 Å². The van der Waals surface area contributed by atoms with Crippen LogP contribution < -0.4 is 10.6 Å². The number of carboxylic acids is 1. The first-order valence-electron chi connectivity index (χ1n) is 11.1. The van der Waals surface area contributed by atoms with Crippen molar-refractivity contribution in [3.05, 3.63) is 87.4 Å². The van der Waals surface area contributed by atoms with Crippen molar-refractivity contribution in [1.29, 1.82) is 0 Å². The number of anilines is 1. The molecular weight excluding hydrogens is 502 g/mol. The number of fused-ring (bicyclic) bond motifs is 1. The van der Waals surface area contributed by atoms with Crippen molar-refractivity contribution < 1.29 is 24.3 Å². The summed E-state index contributed by atoms with van der Waals surface area (Å²) in [6.45, 7) is 1.18. The van der Waals surface area contributed by atoms with Crippen LogP contribution in [0.1, 0.15) is 38.2 Å². The van der Waals surface area contributed by atoms with Gasteiger partial charge in [0.2, 0.25) is 5.91 Å². The van der Waals surface area contributed by atoms with E-state index in [1.165, 1.54) is 15.9 Å². The monoisotopic (exact) mass is 523 g/mol. The summed E-state index contributed by atoms with van der Waals surface area (Å²) in [4.78, 5) is 50.9. The van der Waals surface area contributed by atoms with E-state index in [0.717, 1.165) is 4.88 Å². The maximum Gasteiger partial charge on any atom is 0.323 e. The van der Waals surface area contributed by atoms with Gasteiger partial charge in [0.25, 0.3) is 5.91 Å². The molecule has 0 aliphatic heterocycles. The minimum Gasteiger partial charge on any atom is -0.480 e. The number of rotatable bonds is 9. The Morgan fingerprint density at radius 2 is 1.72 bits per heavy atom. The SMILES string of the molecule is CCc1cc(C(=O)c2ccccc2Cl)c(NC(=O)CNC(=O)c2cc3ccccc3n2CC(=O)O)s1. The molecule has 2 aromatic heterocycles. The van der Waals surface area contributed by atoms with Gasteiger partial charge < -0.3 is 20.3 Å². The molecule has 0 bridgehead atoms. The van der Waals surface area contributed by atoms with Crippen LogP contribution in [0, 0.1) is 0 Å². The molecule has 0 saturated heterocycles. The van der Waals surface area contributed by atoms with Gasteiger partial charge in [0, 0.05) is 21.3 Å². The number of thiophene rings is 1. The molecule has 2 heterocycles. The zero-order valence-corrected chi connectivity index (χ0v) is 20.8. The second-order valence-electron chi connectivity index (χ2n) is 7.92.